The van der Waals surface area contributed by atoms with Crippen LogP contribution >= 0.6 is 11.6 Å². The van der Waals surface area contributed by atoms with Gasteiger partial charge in [0.1, 0.15) is 0 Å². The molecule has 0 aliphatic carbocycles. The van der Waals surface area contributed by atoms with Crippen LogP contribution in [0.1, 0.15) is 42.4 Å². The number of piperidine rings is 1. The van der Waals surface area contributed by atoms with E-state index in [4.69, 9.17) is 11.6 Å². The second-order valence-corrected chi connectivity index (χ2v) is 10.7. The summed E-state index contributed by atoms with van der Waals surface area (Å²) in [6, 6.07) is 16.3. The van der Waals surface area contributed by atoms with Crippen molar-refractivity contribution in [2.24, 2.45) is 0 Å². The maximum Gasteiger partial charge on any atom is 0.240 e. The van der Waals surface area contributed by atoms with Gasteiger partial charge in [0.2, 0.25) is 11.8 Å². The minimum absolute atomic E-state index is 0.0128. The monoisotopic (exact) mass is 494 g/mol. The van der Waals surface area contributed by atoms with Crippen LogP contribution in [0.25, 0.3) is 0 Å². The van der Waals surface area contributed by atoms with Gasteiger partial charge in [-0.25, -0.2) is 0 Å². The second-order valence-electron chi connectivity index (χ2n) is 10.3. The van der Waals surface area contributed by atoms with Gasteiger partial charge in [-0.05, 0) is 68.0 Å². The first-order valence-corrected chi connectivity index (χ1v) is 13.2. The average molecular weight is 495 g/mol. The molecule has 0 radical (unpaired) electrons. The maximum absolute atomic E-state index is 13.8. The number of hydrogen-bond acceptors (Lipinski definition) is 4. The number of carbonyl (C=O) groups excluding carboxylic acids is 2. The summed E-state index contributed by atoms with van der Waals surface area (Å²) in [6.07, 6.45) is 4.94. The summed E-state index contributed by atoms with van der Waals surface area (Å²) in [7, 11) is 2.23. The van der Waals surface area contributed by atoms with Crippen molar-refractivity contribution in [1.29, 1.82) is 0 Å². The van der Waals surface area contributed by atoms with Crippen LogP contribution in [0.3, 0.4) is 0 Å². The quantitative estimate of drug-likeness (QED) is 0.647. The Morgan fingerprint density at radius 1 is 1.11 bits per heavy atom. The fraction of sp³-hybridized carbons (Fsp3) is 0.500. The molecule has 2 atom stereocenters. The third-order valence-corrected chi connectivity index (χ3v) is 8.47. The fourth-order valence-corrected chi connectivity index (χ4v) is 6.21. The number of benzene rings is 2. The van der Waals surface area contributed by atoms with Crippen molar-refractivity contribution in [3.05, 3.63) is 70.2 Å². The molecule has 0 bridgehead atoms. The van der Waals surface area contributed by atoms with Crippen molar-refractivity contribution >= 4 is 23.4 Å². The summed E-state index contributed by atoms with van der Waals surface area (Å²) < 4.78 is 0. The molecule has 2 fully saturated rings. The molecule has 2 amide bonds. The zero-order chi connectivity index (χ0) is 24.4. The van der Waals surface area contributed by atoms with E-state index >= 15 is 0 Å². The van der Waals surface area contributed by atoms with Gasteiger partial charge in [0.25, 0.3) is 0 Å². The topological polar surface area (TPSA) is 64.7 Å². The summed E-state index contributed by atoms with van der Waals surface area (Å²) in [5.41, 5.74) is 3.98. The van der Waals surface area contributed by atoms with Gasteiger partial charge in [-0.15, -0.1) is 0 Å². The zero-order valence-corrected chi connectivity index (χ0v) is 21.2. The number of halogens is 1. The lowest BCUT2D eigenvalue weighted by atomic mass is 9.74. The van der Waals surface area contributed by atoms with Crippen LogP contribution in [0, 0.1) is 0 Å². The molecule has 5 rings (SSSR count). The largest absolute Gasteiger partial charge is 0.352 e. The van der Waals surface area contributed by atoms with Crippen molar-refractivity contribution < 1.29 is 9.59 Å². The Hall–Kier alpha value is -2.41. The smallest absolute Gasteiger partial charge is 0.240 e. The first kappa shape index (κ1) is 24.3. The first-order chi connectivity index (χ1) is 16.9. The molecule has 7 heteroatoms. The minimum Gasteiger partial charge on any atom is -0.352 e. The molecular weight excluding hydrogens is 460 g/mol. The number of likely N-dealkylation sites (tertiary alicyclic amines) is 1. The molecule has 2 saturated heterocycles. The molecule has 2 aromatic rings. The van der Waals surface area contributed by atoms with Crippen molar-refractivity contribution in [3.8, 4) is 0 Å². The predicted molar refractivity (Wildman–Crippen MR) is 138 cm³/mol. The zero-order valence-electron chi connectivity index (χ0n) is 20.4. The Morgan fingerprint density at radius 3 is 2.57 bits per heavy atom. The lowest BCUT2D eigenvalue weighted by Gasteiger charge is -2.51. The van der Waals surface area contributed by atoms with Crippen LogP contribution in [0.5, 0.6) is 0 Å². The molecule has 1 spiro atoms. The van der Waals surface area contributed by atoms with Crippen molar-refractivity contribution in [2.75, 3.05) is 33.2 Å². The van der Waals surface area contributed by atoms with Gasteiger partial charge >= 0.3 is 0 Å². The molecule has 3 heterocycles. The standard InChI is InChI=1S/C28H35ClN4O2/c1-32-15-12-21-4-2-3-5-24(21)28(32)13-16-33(17-14-28)27(35)25(18-20-6-8-22(29)9-7-20)30-19-23-10-11-26(34)31-23/h2-9,23,25,30H,10-19H2,1H3,(H,31,34)/t23?,25-/m1/s1. The number of amides is 2. The van der Waals surface area contributed by atoms with Crippen LogP contribution in [-0.4, -0.2) is 66.9 Å². The lowest BCUT2D eigenvalue weighted by Crippen LogP contribution is -2.58. The SMILES string of the molecule is CN1CCc2ccccc2C12CCN(C(=O)[C@@H](Cc1ccc(Cl)cc1)NCC1CCC(=O)N1)CC2. The van der Waals surface area contributed by atoms with E-state index in [9.17, 15) is 9.59 Å². The van der Waals surface area contributed by atoms with Gasteiger partial charge in [-0.1, -0.05) is 48.0 Å². The number of fused-ring (bicyclic) bond motifs is 2. The van der Waals surface area contributed by atoms with Gasteiger partial charge in [0.15, 0.2) is 0 Å². The number of likely N-dealkylation sites (N-methyl/N-ethyl adjacent to an activating group) is 1. The van der Waals surface area contributed by atoms with E-state index in [0.29, 0.717) is 24.4 Å². The molecule has 1 unspecified atom stereocenters. The number of carbonyl (C=O) groups is 2. The molecule has 0 saturated carbocycles. The van der Waals surface area contributed by atoms with Crippen molar-refractivity contribution in [2.45, 2.75) is 56.1 Å². The van der Waals surface area contributed by atoms with E-state index < -0.39 is 0 Å². The molecule has 2 N–H and O–H groups in total. The Kier molecular flexibility index (Phi) is 7.14. The highest BCUT2D eigenvalue weighted by Gasteiger charge is 2.44. The Labute approximate surface area is 213 Å². The molecule has 2 aromatic carbocycles. The Morgan fingerprint density at radius 2 is 1.86 bits per heavy atom. The van der Waals surface area contributed by atoms with E-state index in [2.05, 4.69) is 46.8 Å². The Balaban J connectivity index is 1.29. The highest BCUT2D eigenvalue weighted by Crippen LogP contribution is 2.42. The minimum atomic E-state index is -0.334. The lowest BCUT2D eigenvalue weighted by molar-refractivity contribution is -0.136. The summed E-state index contributed by atoms with van der Waals surface area (Å²) in [6.45, 7) is 3.15. The van der Waals surface area contributed by atoms with Gasteiger partial charge < -0.3 is 15.5 Å². The number of hydrogen-bond donors (Lipinski definition) is 2. The summed E-state index contributed by atoms with van der Waals surface area (Å²) in [5, 5.41) is 7.18. The normalized spacial score (nSPS) is 22.6. The molecule has 35 heavy (non-hydrogen) atoms. The van der Waals surface area contributed by atoms with Crippen LogP contribution in [0.2, 0.25) is 5.02 Å². The van der Waals surface area contributed by atoms with Crippen LogP contribution in [0.15, 0.2) is 48.5 Å². The average Bonchev–Trinajstić information content (AvgIpc) is 3.30. The van der Waals surface area contributed by atoms with Gasteiger partial charge in [-0.2, -0.15) is 0 Å². The van der Waals surface area contributed by atoms with E-state index in [1.54, 1.807) is 0 Å². The molecule has 6 nitrogen and oxygen atoms in total. The molecule has 186 valence electrons. The fourth-order valence-electron chi connectivity index (χ4n) is 6.09. The van der Waals surface area contributed by atoms with Crippen LogP contribution in [0.4, 0.5) is 0 Å². The molecular formula is C28H35ClN4O2. The summed E-state index contributed by atoms with van der Waals surface area (Å²) in [4.78, 5) is 29.9. The Bertz CT molecular complexity index is 1060. The number of nitrogens with one attached hydrogen (secondary N) is 2. The van der Waals surface area contributed by atoms with E-state index in [1.165, 1.54) is 11.1 Å². The van der Waals surface area contributed by atoms with E-state index in [0.717, 1.165) is 50.9 Å². The van der Waals surface area contributed by atoms with E-state index in [1.807, 2.05) is 29.2 Å². The van der Waals surface area contributed by atoms with Crippen molar-refractivity contribution in [1.82, 2.24) is 20.4 Å². The third-order valence-electron chi connectivity index (χ3n) is 8.22. The van der Waals surface area contributed by atoms with Gasteiger partial charge in [-0.3, -0.25) is 14.5 Å². The van der Waals surface area contributed by atoms with Gasteiger partial charge in [0, 0.05) is 49.2 Å². The van der Waals surface area contributed by atoms with Crippen LogP contribution < -0.4 is 10.6 Å². The highest BCUT2D eigenvalue weighted by atomic mass is 35.5. The molecule has 0 aromatic heterocycles. The highest BCUT2D eigenvalue weighted by molar-refractivity contribution is 6.30. The number of nitrogens with zero attached hydrogens (tertiary/aromatic N) is 2. The van der Waals surface area contributed by atoms with E-state index in [-0.39, 0.29) is 29.4 Å². The maximum atomic E-state index is 13.8. The predicted octanol–water partition coefficient (Wildman–Crippen LogP) is 3.13. The second kappa shape index (κ2) is 10.3. The molecule has 3 aliphatic rings. The molecule has 3 aliphatic heterocycles. The third kappa shape index (κ3) is 5.11. The van der Waals surface area contributed by atoms with Crippen molar-refractivity contribution in [3.63, 3.8) is 0 Å². The first-order valence-electron chi connectivity index (χ1n) is 12.8. The van der Waals surface area contributed by atoms with Crippen LogP contribution in [-0.2, 0) is 28.0 Å². The number of rotatable bonds is 6. The van der Waals surface area contributed by atoms with Gasteiger partial charge in [0.05, 0.1) is 6.04 Å². The summed E-state index contributed by atoms with van der Waals surface area (Å²) >= 11 is 6.08. The summed E-state index contributed by atoms with van der Waals surface area (Å²) in [5.74, 6) is 0.237.